The zero-order valence-corrected chi connectivity index (χ0v) is 20.7. The Morgan fingerprint density at radius 2 is 1.90 bits per heavy atom. The van der Waals surface area contributed by atoms with Crippen LogP contribution in [0.25, 0.3) is 0 Å². The van der Waals surface area contributed by atoms with Crippen molar-refractivity contribution in [2.24, 2.45) is 7.05 Å². The van der Waals surface area contributed by atoms with Crippen LogP contribution >= 0.6 is 0 Å². The van der Waals surface area contributed by atoms with Crippen LogP contribution in [0.2, 0.25) is 0 Å². The predicted molar refractivity (Wildman–Crippen MR) is 59.5 cm³/mol. The van der Waals surface area contributed by atoms with Gasteiger partial charge in [0.05, 0.1) is 6.26 Å². The summed E-state index contributed by atoms with van der Waals surface area (Å²) in [6.07, 6.45) is 3.90. The maximum absolute atomic E-state index is 11.0. The minimum atomic E-state index is -3.55. The van der Waals surface area contributed by atoms with E-state index < -0.39 is 21.5 Å². The van der Waals surface area contributed by atoms with Gasteiger partial charge < -0.3 is 12.8 Å². The average molecular weight is 735 g/mol. The van der Waals surface area contributed by atoms with E-state index in [0.29, 0.717) is 0 Å². The summed E-state index contributed by atoms with van der Waals surface area (Å²) < 4.78 is 32.4. The van der Waals surface area contributed by atoms with Gasteiger partial charge in [-0.2, -0.15) is 8.42 Å². The summed E-state index contributed by atoms with van der Waals surface area (Å²) in [5.41, 5.74) is -1.03. The second kappa shape index (κ2) is 9.94. The molecule has 0 atom stereocenters. The summed E-state index contributed by atoms with van der Waals surface area (Å²) in [7, 11) is -2.07. The molecular formula is C9H14N2O5SUVW-2. The van der Waals surface area contributed by atoms with Crippen LogP contribution in [-0.4, -0.2) is 30.0 Å². The van der Waals surface area contributed by atoms with E-state index in [-0.39, 0.29) is 76.6 Å². The zero-order valence-electron chi connectivity index (χ0n) is 11.4. The Balaban J connectivity index is -0.000000963. The molecule has 0 bridgehead atoms. The van der Waals surface area contributed by atoms with Crippen molar-refractivity contribution in [3.8, 4) is 0 Å². The van der Waals surface area contributed by atoms with Gasteiger partial charge in [-0.15, -0.1) is 0 Å². The van der Waals surface area contributed by atoms with E-state index in [1.807, 2.05) is 0 Å². The van der Waals surface area contributed by atoms with E-state index in [1.165, 1.54) is 24.5 Å². The molecule has 0 spiro atoms. The molecule has 0 fully saturated rings. The van der Waals surface area contributed by atoms with Crippen molar-refractivity contribution in [1.82, 2.24) is 9.72 Å². The van der Waals surface area contributed by atoms with Gasteiger partial charge in [-0.1, -0.05) is 24.6 Å². The summed E-state index contributed by atoms with van der Waals surface area (Å²) >= 11 is 0. The van der Waals surface area contributed by atoms with E-state index >= 15 is 0 Å². The fourth-order valence-electron chi connectivity index (χ4n) is 1.14. The molecule has 1 aromatic heterocycles. The first kappa shape index (κ1) is 26.0. The Bertz CT molecular complexity index is 557. The van der Waals surface area contributed by atoms with Gasteiger partial charge in [0.15, 0.2) is 0 Å². The summed E-state index contributed by atoms with van der Waals surface area (Å²) in [6, 6.07) is 0. The molecule has 11 heteroatoms. The number of rotatable bonds is 5. The van der Waals surface area contributed by atoms with E-state index in [4.69, 9.17) is 4.18 Å². The molecule has 0 aliphatic carbocycles. The monoisotopic (exact) mass is 735 g/mol. The van der Waals surface area contributed by atoms with E-state index in [2.05, 4.69) is 9.68 Å². The van der Waals surface area contributed by atoms with Crippen LogP contribution in [0.15, 0.2) is 9.32 Å². The normalized spacial score (nSPS) is 10.8. The number of nitrogens with zero attached hydrogens (tertiary/aromatic N) is 2. The molecule has 113 valence electrons. The van der Waals surface area contributed by atoms with Crippen LogP contribution in [0.4, 0.5) is 0 Å². The van der Waals surface area contributed by atoms with Crippen LogP contribution < -0.4 is 5.76 Å². The third-order valence-electron chi connectivity index (χ3n) is 1.83. The molecule has 0 saturated heterocycles. The molecule has 0 aromatic carbocycles. The standard InChI is InChI=1S/C9H14N2O5S.U.V.W/c1-9(2,16-17(4,13)14)6-5-7-10-15-8(12)11(7)3;;;/h5-6H,1-4H3;;;/q-2;;;. The molecule has 1 aromatic rings. The first-order valence-electron chi connectivity index (χ1n) is 4.73. The van der Waals surface area contributed by atoms with Gasteiger partial charge in [-0.25, -0.2) is 4.79 Å². The van der Waals surface area contributed by atoms with Crippen molar-refractivity contribution in [3.05, 3.63) is 29.2 Å². The molecule has 1 heterocycles. The van der Waals surface area contributed by atoms with E-state index in [1.54, 1.807) is 13.8 Å². The first-order chi connectivity index (χ1) is 7.61. The Labute approximate surface area is 168 Å². The Hall–Kier alpha value is 1.04. The van der Waals surface area contributed by atoms with E-state index in [0.717, 1.165) is 6.26 Å². The number of aromatic nitrogens is 2. The molecule has 0 N–H and O–H groups in total. The minimum absolute atomic E-state index is 0. The van der Waals surface area contributed by atoms with Gasteiger partial charge in [-0.3, -0.25) is 13.3 Å². The quantitative estimate of drug-likeness (QED) is 0.310. The molecule has 0 aliphatic heterocycles. The van der Waals surface area contributed by atoms with Crippen molar-refractivity contribution in [2.45, 2.75) is 19.4 Å². The van der Waals surface area contributed by atoms with Crippen molar-refractivity contribution >= 4 is 10.1 Å². The second-order valence-corrected chi connectivity index (χ2v) is 5.66. The molecular weight excluding hydrogens is 721 g/mol. The summed E-state index contributed by atoms with van der Waals surface area (Å²) in [6.45, 7) is 3.14. The zero-order chi connectivity index (χ0) is 13.3. The van der Waals surface area contributed by atoms with Gasteiger partial charge in [0, 0.05) is 77.8 Å². The van der Waals surface area contributed by atoms with Crippen molar-refractivity contribution in [3.63, 3.8) is 0 Å². The van der Waals surface area contributed by atoms with Crippen LogP contribution in [-0.2, 0) is 61.0 Å². The van der Waals surface area contributed by atoms with Gasteiger partial charge in [0.25, 0.3) is 10.1 Å². The molecule has 20 heavy (non-hydrogen) atoms. The fourth-order valence-corrected chi connectivity index (χ4v) is 1.97. The van der Waals surface area contributed by atoms with Gasteiger partial charge in [0.2, 0.25) is 0 Å². The topological polar surface area (TPSA) is 91.4 Å². The van der Waals surface area contributed by atoms with Crippen LogP contribution in [0.1, 0.15) is 19.7 Å². The summed E-state index contributed by atoms with van der Waals surface area (Å²) in [5, 5.41) is 3.50. The van der Waals surface area contributed by atoms with Crippen LogP contribution in [0.3, 0.4) is 0 Å². The summed E-state index contributed by atoms with van der Waals surface area (Å²) in [5.74, 6) is -0.313. The first-order valence-corrected chi connectivity index (χ1v) is 6.55. The Morgan fingerprint density at radius 1 is 1.40 bits per heavy atom. The Kier molecular flexibility index (Phi) is 12.9. The molecule has 0 unspecified atom stereocenters. The van der Waals surface area contributed by atoms with E-state index in [9.17, 15) is 13.2 Å². The SMILES string of the molecule is Cn1c([CH-][CH-]C(C)(C)OS(C)(=O)=O)noc1=O.[U].[V].[W]. The molecule has 0 saturated carbocycles. The fraction of sp³-hybridized carbons (Fsp3) is 0.556. The van der Waals surface area contributed by atoms with Crippen molar-refractivity contribution < 1.29 is 87.9 Å². The number of hydrogen-bond acceptors (Lipinski definition) is 6. The molecule has 1 radical (unpaired) electrons. The van der Waals surface area contributed by atoms with Gasteiger partial charge >= 0.3 is 5.76 Å². The third-order valence-corrected chi connectivity index (χ3v) is 2.57. The van der Waals surface area contributed by atoms with Crippen LogP contribution in [0, 0.1) is 44.0 Å². The number of hydrogen-bond donors (Lipinski definition) is 0. The van der Waals surface area contributed by atoms with Crippen molar-refractivity contribution in [1.29, 1.82) is 0 Å². The van der Waals surface area contributed by atoms with Crippen LogP contribution in [0.5, 0.6) is 0 Å². The third kappa shape index (κ3) is 9.14. The maximum Gasteiger partial charge on any atom is 0.439 e. The van der Waals surface area contributed by atoms with Crippen molar-refractivity contribution in [2.75, 3.05) is 6.26 Å². The molecule has 7 nitrogen and oxygen atoms in total. The predicted octanol–water partition coefficient (Wildman–Crippen LogP) is -0.120. The largest absolute Gasteiger partial charge is 0.480 e. The maximum atomic E-state index is 11.0. The minimum Gasteiger partial charge on any atom is -0.480 e. The second-order valence-electron chi connectivity index (χ2n) is 4.09. The molecule has 0 amide bonds. The molecule has 0 aliphatic rings. The van der Waals surface area contributed by atoms with Gasteiger partial charge in [0.1, 0.15) is 0 Å². The van der Waals surface area contributed by atoms with Gasteiger partial charge in [-0.05, 0) is 5.82 Å². The summed E-state index contributed by atoms with van der Waals surface area (Å²) in [4.78, 5) is 11.0. The Morgan fingerprint density at radius 3 is 2.25 bits per heavy atom. The average Bonchev–Trinajstić information content (AvgIpc) is 2.41. The smallest absolute Gasteiger partial charge is 0.439 e. The molecule has 1 rings (SSSR count).